The molecule has 0 spiro atoms. The number of piperidine rings is 1. The van der Waals surface area contributed by atoms with Crippen LogP contribution in [-0.2, 0) is 0 Å². The Morgan fingerprint density at radius 2 is 2.11 bits per heavy atom. The third-order valence-corrected chi connectivity index (χ3v) is 4.67. The molecule has 0 bridgehead atoms. The Balaban J connectivity index is 2.16. The van der Waals surface area contributed by atoms with Crippen molar-refractivity contribution in [1.29, 1.82) is 0 Å². The van der Waals surface area contributed by atoms with Crippen LogP contribution in [0.4, 0.5) is 0 Å². The van der Waals surface area contributed by atoms with Crippen molar-refractivity contribution in [3.05, 3.63) is 33.3 Å². The van der Waals surface area contributed by atoms with Gasteiger partial charge >= 0.3 is 0 Å². The van der Waals surface area contributed by atoms with Gasteiger partial charge in [0.1, 0.15) is 0 Å². The molecule has 1 aliphatic rings. The zero-order valence-electron chi connectivity index (χ0n) is 10.6. The summed E-state index contributed by atoms with van der Waals surface area (Å²) in [6.07, 6.45) is 1.08. The molecular formula is C14H17BrClNO. The minimum absolute atomic E-state index is 0.0947. The molecule has 4 heteroatoms. The van der Waals surface area contributed by atoms with Crippen molar-refractivity contribution in [3.63, 3.8) is 0 Å². The predicted molar refractivity (Wildman–Crippen MR) is 78.0 cm³/mol. The molecule has 1 fully saturated rings. The van der Waals surface area contributed by atoms with Crippen LogP contribution in [0, 0.1) is 11.8 Å². The Morgan fingerprint density at radius 3 is 2.72 bits per heavy atom. The lowest BCUT2D eigenvalue weighted by Crippen LogP contribution is -2.42. The van der Waals surface area contributed by atoms with E-state index < -0.39 is 0 Å². The van der Waals surface area contributed by atoms with Crippen LogP contribution in [0.5, 0.6) is 0 Å². The molecule has 2 unspecified atom stereocenters. The number of hydrogen-bond donors (Lipinski definition) is 0. The number of rotatable bonds is 1. The zero-order valence-corrected chi connectivity index (χ0v) is 13.0. The highest BCUT2D eigenvalue weighted by Crippen LogP contribution is 2.27. The Morgan fingerprint density at radius 1 is 1.39 bits per heavy atom. The van der Waals surface area contributed by atoms with E-state index in [4.69, 9.17) is 11.6 Å². The van der Waals surface area contributed by atoms with Gasteiger partial charge in [-0.1, -0.05) is 25.4 Å². The van der Waals surface area contributed by atoms with Gasteiger partial charge in [0.15, 0.2) is 0 Å². The molecule has 1 aliphatic heterocycles. The quantitative estimate of drug-likeness (QED) is 0.755. The Labute approximate surface area is 121 Å². The maximum absolute atomic E-state index is 12.4. The van der Waals surface area contributed by atoms with Crippen molar-refractivity contribution in [3.8, 4) is 0 Å². The van der Waals surface area contributed by atoms with Gasteiger partial charge in [0.05, 0.1) is 5.56 Å². The maximum atomic E-state index is 12.4. The van der Waals surface area contributed by atoms with Gasteiger partial charge in [-0.05, 0) is 52.4 Å². The first-order chi connectivity index (χ1) is 8.49. The minimum atomic E-state index is 0.0947. The SMILES string of the molecule is CC1CCN(C(=O)c2ccc(Cl)cc2Br)CC1C. The third-order valence-electron chi connectivity index (χ3n) is 3.78. The first-order valence-corrected chi connectivity index (χ1v) is 7.40. The predicted octanol–water partition coefficient (Wildman–Crippen LogP) is 4.22. The monoisotopic (exact) mass is 329 g/mol. The van der Waals surface area contributed by atoms with Crippen LogP contribution in [0.2, 0.25) is 5.02 Å². The number of amides is 1. The second kappa shape index (κ2) is 5.62. The van der Waals surface area contributed by atoms with Crippen molar-refractivity contribution in [2.45, 2.75) is 20.3 Å². The van der Waals surface area contributed by atoms with Crippen LogP contribution in [-0.4, -0.2) is 23.9 Å². The average Bonchev–Trinajstić information content (AvgIpc) is 2.32. The van der Waals surface area contributed by atoms with Crippen LogP contribution in [0.25, 0.3) is 0 Å². The molecule has 1 saturated heterocycles. The van der Waals surface area contributed by atoms with Crippen molar-refractivity contribution < 1.29 is 4.79 Å². The number of benzene rings is 1. The number of halogens is 2. The van der Waals surface area contributed by atoms with E-state index >= 15 is 0 Å². The van der Waals surface area contributed by atoms with Gasteiger partial charge in [-0.2, -0.15) is 0 Å². The normalized spacial score (nSPS) is 24.1. The highest BCUT2D eigenvalue weighted by Gasteiger charge is 2.27. The molecule has 1 heterocycles. The molecule has 0 aromatic heterocycles. The van der Waals surface area contributed by atoms with E-state index in [-0.39, 0.29) is 5.91 Å². The molecule has 98 valence electrons. The van der Waals surface area contributed by atoms with Crippen LogP contribution in [0.3, 0.4) is 0 Å². The number of carbonyl (C=O) groups excluding carboxylic acids is 1. The number of carbonyl (C=O) groups is 1. The average molecular weight is 331 g/mol. The lowest BCUT2D eigenvalue weighted by atomic mass is 9.88. The maximum Gasteiger partial charge on any atom is 0.255 e. The molecule has 0 saturated carbocycles. The largest absolute Gasteiger partial charge is 0.338 e. The van der Waals surface area contributed by atoms with Gasteiger partial charge in [0.25, 0.3) is 5.91 Å². The van der Waals surface area contributed by atoms with Crippen molar-refractivity contribution in [2.24, 2.45) is 11.8 Å². The highest BCUT2D eigenvalue weighted by atomic mass is 79.9. The van der Waals surface area contributed by atoms with Gasteiger partial charge < -0.3 is 4.90 Å². The lowest BCUT2D eigenvalue weighted by Gasteiger charge is -2.35. The fraction of sp³-hybridized carbons (Fsp3) is 0.500. The Kier molecular flexibility index (Phi) is 4.33. The molecule has 1 amide bonds. The first kappa shape index (κ1) is 13.9. The van der Waals surface area contributed by atoms with Crippen LogP contribution >= 0.6 is 27.5 Å². The van der Waals surface area contributed by atoms with Crippen LogP contribution < -0.4 is 0 Å². The first-order valence-electron chi connectivity index (χ1n) is 6.23. The summed E-state index contributed by atoms with van der Waals surface area (Å²) in [5.74, 6) is 1.36. The summed E-state index contributed by atoms with van der Waals surface area (Å²) in [5, 5.41) is 0.638. The molecule has 18 heavy (non-hydrogen) atoms. The van der Waals surface area contributed by atoms with E-state index in [0.717, 1.165) is 24.0 Å². The summed E-state index contributed by atoms with van der Waals surface area (Å²) in [4.78, 5) is 14.4. The van der Waals surface area contributed by atoms with E-state index in [9.17, 15) is 4.79 Å². The molecule has 0 aliphatic carbocycles. The summed E-state index contributed by atoms with van der Waals surface area (Å²) >= 11 is 9.30. The number of nitrogens with zero attached hydrogens (tertiary/aromatic N) is 1. The van der Waals surface area contributed by atoms with Crippen molar-refractivity contribution in [2.75, 3.05) is 13.1 Å². The lowest BCUT2D eigenvalue weighted by molar-refractivity contribution is 0.0626. The molecule has 2 atom stereocenters. The van der Waals surface area contributed by atoms with E-state index in [1.807, 2.05) is 4.90 Å². The van der Waals surface area contributed by atoms with Crippen LogP contribution in [0.15, 0.2) is 22.7 Å². The van der Waals surface area contributed by atoms with Gasteiger partial charge in [0.2, 0.25) is 0 Å². The van der Waals surface area contributed by atoms with Gasteiger partial charge in [-0.25, -0.2) is 0 Å². The van der Waals surface area contributed by atoms with E-state index in [1.165, 1.54) is 0 Å². The van der Waals surface area contributed by atoms with E-state index in [2.05, 4.69) is 29.8 Å². The second-order valence-electron chi connectivity index (χ2n) is 5.12. The summed E-state index contributed by atoms with van der Waals surface area (Å²) in [5.41, 5.74) is 0.696. The molecule has 1 aromatic carbocycles. The van der Waals surface area contributed by atoms with E-state index in [1.54, 1.807) is 18.2 Å². The second-order valence-corrected chi connectivity index (χ2v) is 6.41. The van der Waals surface area contributed by atoms with E-state index in [0.29, 0.717) is 22.4 Å². The Bertz CT molecular complexity index is 463. The molecular weight excluding hydrogens is 314 g/mol. The minimum Gasteiger partial charge on any atom is -0.338 e. The number of hydrogen-bond acceptors (Lipinski definition) is 1. The fourth-order valence-electron chi connectivity index (χ4n) is 2.28. The highest BCUT2D eigenvalue weighted by molar-refractivity contribution is 9.10. The Hall–Kier alpha value is -0.540. The molecule has 0 N–H and O–H groups in total. The summed E-state index contributed by atoms with van der Waals surface area (Å²) in [6, 6.07) is 5.32. The van der Waals surface area contributed by atoms with Crippen LogP contribution in [0.1, 0.15) is 30.6 Å². The number of likely N-dealkylation sites (tertiary alicyclic amines) is 1. The summed E-state index contributed by atoms with van der Waals surface area (Å²) in [7, 11) is 0. The molecule has 1 aromatic rings. The van der Waals surface area contributed by atoms with Crippen molar-refractivity contribution >= 4 is 33.4 Å². The van der Waals surface area contributed by atoms with Gasteiger partial charge in [-0.3, -0.25) is 4.79 Å². The van der Waals surface area contributed by atoms with Gasteiger partial charge in [-0.15, -0.1) is 0 Å². The zero-order chi connectivity index (χ0) is 13.3. The van der Waals surface area contributed by atoms with Gasteiger partial charge in [0, 0.05) is 22.6 Å². The standard InChI is InChI=1S/C14H17BrClNO/c1-9-5-6-17(8-10(9)2)14(18)12-4-3-11(16)7-13(12)15/h3-4,7,9-10H,5-6,8H2,1-2H3. The smallest absolute Gasteiger partial charge is 0.255 e. The van der Waals surface area contributed by atoms with Crippen molar-refractivity contribution in [1.82, 2.24) is 4.90 Å². The third kappa shape index (κ3) is 2.89. The molecule has 0 radical (unpaired) electrons. The molecule has 2 nitrogen and oxygen atoms in total. The fourth-order valence-corrected chi connectivity index (χ4v) is 3.13. The summed E-state index contributed by atoms with van der Waals surface area (Å²) in [6.45, 7) is 6.15. The summed E-state index contributed by atoms with van der Waals surface area (Å²) < 4.78 is 0.770. The topological polar surface area (TPSA) is 20.3 Å². The molecule has 2 rings (SSSR count).